The van der Waals surface area contributed by atoms with Crippen molar-refractivity contribution in [1.29, 1.82) is 0 Å². The molecular weight excluding hydrogens is 326 g/mol. The maximum absolute atomic E-state index is 11.6. The molecule has 0 saturated heterocycles. The van der Waals surface area contributed by atoms with Crippen LogP contribution in [0.1, 0.15) is 18.2 Å². The van der Waals surface area contributed by atoms with Gasteiger partial charge in [-0.3, -0.25) is 4.79 Å². The number of hydrogen-bond donors (Lipinski definition) is 1. The fourth-order valence-corrected chi connectivity index (χ4v) is 2.89. The third-order valence-corrected chi connectivity index (χ3v) is 4.27. The summed E-state index contributed by atoms with van der Waals surface area (Å²) in [7, 11) is 0. The molecule has 1 N–H and O–H groups in total. The molecule has 0 radical (unpaired) electrons. The average molecular weight is 344 g/mol. The lowest BCUT2D eigenvalue weighted by atomic mass is 10.1. The van der Waals surface area contributed by atoms with Gasteiger partial charge in [0.2, 0.25) is 0 Å². The standard InChI is InChI=1S/C17H18ClN5O/c1-3-5-6-13(4-2)23-11-12-10-22(8-7-14(12)21-23)15-9-19-20-17(24)16(15)18/h3-6,9,11H,2,7-8,10H2,1H3,(H,20,24)/b5-3-,13-6+. The molecule has 0 aliphatic carbocycles. The van der Waals surface area contributed by atoms with Crippen molar-refractivity contribution in [2.24, 2.45) is 0 Å². The van der Waals surface area contributed by atoms with Crippen molar-refractivity contribution in [2.45, 2.75) is 19.9 Å². The molecule has 0 bridgehead atoms. The van der Waals surface area contributed by atoms with E-state index in [1.165, 1.54) is 0 Å². The van der Waals surface area contributed by atoms with E-state index in [0.717, 1.165) is 29.9 Å². The molecule has 124 valence electrons. The number of anilines is 1. The van der Waals surface area contributed by atoms with Gasteiger partial charge in [-0.05, 0) is 19.1 Å². The van der Waals surface area contributed by atoms with E-state index in [9.17, 15) is 4.79 Å². The summed E-state index contributed by atoms with van der Waals surface area (Å²) in [5.74, 6) is 0. The average Bonchev–Trinajstić information content (AvgIpc) is 3.01. The minimum absolute atomic E-state index is 0.167. The Morgan fingerprint density at radius 3 is 3.08 bits per heavy atom. The number of H-pyrrole nitrogens is 1. The van der Waals surface area contributed by atoms with Gasteiger partial charge in [0.1, 0.15) is 5.02 Å². The summed E-state index contributed by atoms with van der Waals surface area (Å²) in [4.78, 5) is 13.7. The summed E-state index contributed by atoms with van der Waals surface area (Å²) >= 11 is 6.11. The Labute approximate surface area is 144 Å². The lowest BCUT2D eigenvalue weighted by Crippen LogP contribution is -2.31. The van der Waals surface area contributed by atoms with Crippen molar-refractivity contribution in [3.63, 3.8) is 0 Å². The summed E-state index contributed by atoms with van der Waals surface area (Å²) in [5.41, 5.74) is 3.33. The molecular formula is C17H18ClN5O. The van der Waals surface area contributed by atoms with Crippen LogP contribution in [0.15, 0.2) is 48.1 Å². The molecule has 0 unspecified atom stereocenters. The van der Waals surface area contributed by atoms with Gasteiger partial charge < -0.3 is 4.90 Å². The second kappa shape index (κ2) is 6.88. The fourth-order valence-electron chi connectivity index (χ4n) is 2.68. The van der Waals surface area contributed by atoms with Crippen LogP contribution in [0.2, 0.25) is 5.02 Å². The summed E-state index contributed by atoms with van der Waals surface area (Å²) in [6, 6.07) is 0. The predicted octanol–water partition coefficient (Wildman–Crippen LogP) is 2.79. The molecule has 0 aromatic carbocycles. The number of rotatable bonds is 4. The van der Waals surface area contributed by atoms with E-state index in [1.54, 1.807) is 12.3 Å². The van der Waals surface area contributed by atoms with Crippen LogP contribution in [-0.4, -0.2) is 26.5 Å². The van der Waals surface area contributed by atoms with Crippen molar-refractivity contribution in [2.75, 3.05) is 11.4 Å². The minimum atomic E-state index is -0.376. The molecule has 24 heavy (non-hydrogen) atoms. The highest BCUT2D eigenvalue weighted by molar-refractivity contribution is 6.32. The maximum atomic E-state index is 11.6. The van der Waals surface area contributed by atoms with Gasteiger partial charge >= 0.3 is 0 Å². The summed E-state index contributed by atoms with van der Waals surface area (Å²) in [5, 5.41) is 11.0. The van der Waals surface area contributed by atoms with Crippen LogP contribution in [0, 0.1) is 0 Å². The van der Waals surface area contributed by atoms with Gasteiger partial charge in [-0.25, -0.2) is 9.78 Å². The minimum Gasteiger partial charge on any atom is -0.364 e. The van der Waals surface area contributed by atoms with Crippen LogP contribution < -0.4 is 10.5 Å². The number of halogens is 1. The van der Waals surface area contributed by atoms with Crippen molar-refractivity contribution in [1.82, 2.24) is 20.0 Å². The summed E-state index contributed by atoms with van der Waals surface area (Å²) < 4.78 is 1.83. The normalized spacial score (nSPS) is 14.9. The smallest absolute Gasteiger partial charge is 0.285 e. The van der Waals surface area contributed by atoms with Crippen LogP contribution >= 0.6 is 11.6 Å². The maximum Gasteiger partial charge on any atom is 0.285 e. The number of allylic oxidation sites excluding steroid dienone is 5. The fraction of sp³-hybridized carbons (Fsp3) is 0.235. The first-order chi connectivity index (χ1) is 11.6. The lowest BCUT2D eigenvalue weighted by Gasteiger charge is -2.28. The van der Waals surface area contributed by atoms with Crippen molar-refractivity contribution in [3.8, 4) is 0 Å². The topological polar surface area (TPSA) is 66.8 Å². The van der Waals surface area contributed by atoms with Gasteiger partial charge in [0.15, 0.2) is 0 Å². The van der Waals surface area contributed by atoms with Crippen LogP contribution in [0.4, 0.5) is 5.69 Å². The van der Waals surface area contributed by atoms with Gasteiger partial charge in [0.05, 0.1) is 23.3 Å². The van der Waals surface area contributed by atoms with Crippen molar-refractivity contribution in [3.05, 3.63) is 69.9 Å². The Kier molecular flexibility index (Phi) is 4.66. The van der Waals surface area contributed by atoms with E-state index in [1.807, 2.05) is 40.9 Å². The zero-order chi connectivity index (χ0) is 17.1. The second-order valence-electron chi connectivity index (χ2n) is 5.44. The first-order valence-electron chi connectivity index (χ1n) is 7.65. The van der Waals surface area contributed by atoms with Crippen molar-refractivity contribution < 1.29 is 0 Å². The van der Waals surface area contributed by atoms with E-state index in [0.29, 0.717) is 12.2 Å². The monoisotopic (exact) mass is 343 g/mol. The van der Waals surface area contributed by atoms with Gasteiger partial charge in [0, 0.05) is 31.3 Å². The second-order valence-corrected chi connectivity index (χ2v) is 5.81. The van der Waals surface area contributed by atoms with Crippen LogP contribution in [0.5, 0.6) is 0 Å². The molecule has 1 aliphatic heterocycles. The molecule has 0 fully saturated rings. The molecule has 3 heterocycles. The van der Waals surface area contributed by atoms with E-state index in [4.69, 9.17) is 11.6 Å². The van der Waals surface area contributed by atoms with E-state index >= 15 is 0 Å². The molecule has 1 aliphatic rings. The number of hydrogen-bond acceptors (Lipinski definition) is 4. The Morgan fingerprint density at radius 2 is 2.33 bits per heavy atom. The molecule has 0 amide bonds. The predicted molar refractivity (Wildman–Crippen MR) is 96.1 cm³/mol. The van der Waals surface area contributed by atoms with Gasteiger partial charge in [-0.2, -0.15) is 10.2 Å². The molecule has 6 nitrogen and oxygen atoms in total. The number of nitrogens with one attached hydrogen (secondary N) is 1. The summed E-state index contributed by atoms with van der Waals surface area (Å²) in [6.45, 7) is 7.17. The van der Waals surface area contributed by atoms with Gasteiger partial charge in [0.25, 0.3) is 5.56 Å². The summed E-state index contributed by atoms with van der Waals surface area (Å²) in [6.07, 6.45) is 12.0. The number of fused-ring (bicyclic) bond motifs is 1. The highest BCUT2D eigenvalue weighted by Gasteiger charge is 2.22. The first kappa shape index (κ1) is 16.3. The molecule has 2 aromatic heterocycles. The zero-order valence-corrected chi connectivity index (χ0v) is 14.1. The van der Waals surface area contributed by atoms with E-state index < -0.39 is 0 Å². The Hall–Kier alpha value is -2.60. The van der Waals surface area contributed by atoms with E-state index in [2.05, 4.69) is 21.9 Å². The highest BCUT2D eigenvalue weighted by atomic mass is 35.5. The van der Waals surface area contributed by atoms with Crippen LogP contribution in [-0.2, 0) is 13.0 Å². The quantitative estimate of drug-likeness (QED) is 0.867. The number of aromatic amines is 1. The Morgan fingerprint density at radius 1 is 1.50 bits per heavy atom. The Bertz CT molecular complexity index is 877. The first-order valence-corrected chi connectivity index (χ1v) is 8.03. The molecule has 0 spiro atoms. The third-order valence-electron chi connectivity index (χ3n) is 3.91. The molecule has 2 aromatic rings. The molecule has 0 saturated carbocycles. The van der Waals surface area contributed by atoms with Gasteiger partial charge in [-0.1, -0.05) is 30.3 Å². The largest absolute Gasteiger partial charge is 0.364 e. The lowest BCUT2D eigenvalue weighted by molar-refractivity contribution is 0.712. The molecule has 3 rings (SSSR count). The van der Waals surface area contributed by atoms with Crippen LogP contribution in [0.3, 0.4) is 0 Å². The Balaban J connectivity index is 1.90. The molecule has 0 atom stereocenters. The highest BCUT2D eigenvalue weighted by Crippen LogP contribution is 2.27. The zero-order valence-electron chi connectivity index (χ0n) is 13.4. The SMILES string of the molecule is C=C/C(=C\C=C/C)n1cc2c(n1)CCN(c1cn[nH]c(=O)c1Cl)C2. The third kappa shape index (κ3) is 3.05. The van der Waals surface area contributed by atoms with Crippen molar-refractivity contribution >= 4 is 23.0 Å². The van der Waals surface area contributed by atoms with Crippen LogP contribution in [0.25, 0.3) is 5.70 Å². The number of aromatic nitrogens is 4. The molecule has 7 heteroatoms. The van der Waals surface area contributed by atoms with E-state index in [-0.39, 0.29) is 10.6 Å². The van der Waals surface area contributed by atoms with Gasteiger partial charge in [-0.15, -0.1) is 0 Å². The number of nitrogens with zero attached hydrogens (tertiary/aromatic N) is 4.